The molecule has 0 saturated carbocycles. The highest BCUT2D eigenvalue weighted by Crippen LogP contribution is 2.17. The maximum atomic E-state index is 12.8. The lowest BCUT2D eigenvalue weighted by Crippen LogP contribution is -2.30. The third kappa shape index (κ3) is 54.8. The molecular weight excluding hydrogens is 841 g/mol. The van der Waals surface area contributed by atoms with E-state index >= 15 is 0 Å². The van der Waals surface area contributed by atoms with E-state index in [2.05, 4.69) is 45.1 Å². The fourth-order valence-corrected chi connectivity index (χ4v) is 9.08. The summed E-state index contributed by atoms with van der Waals surface area (Å²) in [6.07, 6.45) is 67.8. The molecule has 0 aromatic carbocycles. The van der Waals surface area contributed by atoms with Crippen LogP contribution in [0, 0.1) is 0 Å². The second-order valence-electron chi connectivity index (χ2n) is 20.6. The fraction of sp³-hybridized carbons (Fsp3) is 0.887. The van der Waals surface area contributed by atoms with E-state index in [1.54, 1.807) is 0 Å². The van der Waals surface area contributed by atoms with Crippen molar-refractivity contribution < 1.29 is 28.6 Å². The maximum absolute atomic E-state index is 12.8. The van der Waals surface area contributed by atoms with E-state index in [-0.39, 0.29) is 31.1 Å². The van der Waals surface area contributed by atoms with Crippen LogP contribution in [0.5, 0.6) is 0 Å². The van der Waals surface area contributed by atoms with Crippen LogP contribution in [0.25, 0.3) is 0 Å². The molecule has 0 radical (unpaired) electrons. The van der Waals surface area contributed by atoms with Crippen LogP contribution in [-0.2, 0) is 28.6 Å². The SMILES string of the molecule is CCCCC/C=C\CCCCCCCC(=O)OC(COC(=O)CCCCCCCCCCC)COC(=O)CCCCCCCCCCCCCCCCCCC/C=C\CCCCCCCCCC. The molecule has 0 heterocycles. The lowest BCUT2D eigenvalue weighted by molar-refractivity contribution is -0.167. The average molecular weight is 958 g/mol. The van der Waals surface area contributed by atoms with Gasteiger partial charge in [-0.15, -0.1) is 0 Å². The Morgan fingerprint density at radius 1 is 0.279 bits per heavy atom. The molecule has 0 N–H and O–H groups in total. The van der Waals surface area contributed by atoms with Gasteiger partial charge in [-0.3, -0.25) is 14.4 Å². The van der Waals surface area contributed by atoms with Crippen molar-refractivity contribution >= 4 is 17.9 Å². The first-order valence-corrected chi connectivity index (χ1v) is 30.3. The van der Waals surface area contributed by atoms with Gasteiger partial charge in [-0.1, -0.05) is 270 Å². The molecule has 6 nitrogen and oxygen atoms in total. The van der Waals surface area contributed by atoms with Gasteiger partial charge in [-0.2, -0.15) is 0 Å². The molecule has 0 spiro atoms. The fourth-order valence-electron chi connectivity index (χ4n) is 9.08. The molecule has 0 aliphatic carbocycles. The summed E-state index contributed by atoms with van der Waals surface area (Å²) in [4.78, 5) is 38.0. The predicted octanol–water partition coefficient (Wildman–Crippen LogP) is 20.3. The van der Waals surface area contributed by atoms with Crippen LogP contribution in [-0.4, -0.2) is 37.2 Å². The number of hydrogen-bond acceptors (Lipinski definition) is 6. The average Bonchev–Trinajstić information content (AvgIpc) is 3.34. The topological polar surface area (TPSA) is 78.9 Å². The van der Waals surface area contributed by atoms with Gasteiger partial charge in [0.05, 0.1) is 0 Å². The monoisotopic (exact) mass is 957 g/mol. The zero-order chi connectivity index (χ0) is 49.3. The number of unbranched alkanes of at least 4 members (excludes halogenated alkanes) is 41. The first-order chi connectivity index (χ1) is 33.5. The first kappa shape index (κ1) is 65.9. The molecule has 0 bridgehead atoms. The molecule has 0 rings (SSSR count). The van der Waals surface area contributed by atoms with Gasteiger partial charge in [0.2, 0.25) is 0 Å². The van der Waals surface area contributed by atoms with Gasteiger partial charge >= 0.3 is 17.9 Å². The minimum absolute atomic E-state index is 0.0699. The van der Waals surface area contributed by atoms with Crippen molar-refractivity contribution in [3.8, 4) is 0 Å². The number of rotatable bonds is 56. The van der Waals surface area contributed by atoms with Gasteiger partial charge in [0.1, 0.15) is 13.2 Å². The van der Waals surface area contributed by atoms with E-state index in [1.807, 2.05) is 0 Å². The van der Waals surface area contributed by atoms with Crippen molar-refractivity contribution in [3.63, 3.8) is 0 Å². The van der Waals surface area contributed by atoms with Gasteiger partial charge < -0.3 is 14.2 Å². The molecule has 1 unspecified atom stereocenters. The molecule has 0 aromatic heterocycles. The summed E-state index contributed by atoms with van der Waals surface area (Å²) in [7, 11) is 0. The molecular formula is C62H116O6. The summed E-state index contributed by atoms with van der Waals surface area (Å²) in [6, 6.07) is 0. The Hall–Kier alpha value is -2.11. The molecule has 68 heavy (non-hydrogen) atoms. The van der Waals surface area contributed by atoms with E-state index in [0.717, 1.165) is 64.2 Å². The zero-order valence-corrected chi connectivity index (χ0v) is 45.9. The van der Waals surface area contributed by atoms with E-state index in [0.29, 0.717) is 19.3 Å². The maximum Gasteiger partial charge on any atom is 0.306 e. The lowest BCUT2D eigenvalue weighted by atomic mass is 10.0. The standard InChI is InChI=1S/C62H116O6/c1-4-7-10-13-16-19-21-23-24-25-26-27-28-29-30-31-32-33-34-35-36-37-38-39-41-43-46-49-52-55-61(64)67-58-59(57-66-60(63)54-51-48-45-42-18-15-12-9-6-3)68-62(65)56-53-50-47-44-40-22-20-17-14-11-8-5-2/h17,20,25-26,59H,4-16,18-19,21-24,27-58H2,1-3H3/b20-17-,26-25-. The largest absolute Gasteiger partial charge is 0.462 e. The molecule has 0 amide bonds. The molecule has 0 aliphatic heterocycles. The Morgan fingerprint density at radius 3 is 0.765 bits per heavy atom. The summed E-state index contributed by atoms with van der Waals surface area (Å²) in [6.45, 7) is 6.63. The summed E-state index contributed by atoms with van der Waals surface area (Å²) in [5.74, 6) is -0.864. The van der Waals surface area contributed by atoms with Gasteiger partial charge in [0.15, 0.2) is 6.10 Å². The number of carbonyl (C=O) groups is 3. The van der Waals surface area contributed by atoms with E-state index < -0.39 is 6.10 Å². The van der Waals surface area contributed by atoms with E-state index in [1.165, 1.54) is 231 Å². The molecule has 0 saturated heterocycles. The summed E-state index contributed by atoms with van der Waals surface area (Å²) >= 11 is 0. The number of hydrogen-bond donors (Lipinski definition) is 0. The normalized spacial score (nSPS) is 12.1. The first-order valence-electron chi connectivity index (χ1n) is 30.3. The lowest BCUT2D eigenvalue weighted by Gasteiger charge is -2.18. The van der Waals surface area contributed by atoms with Crippen LogP contribution in [0.4, 0.5) is 0 Å². The molecule has 6 heteroatoms. The minimum Gasteiger partial charge on any atom is -0.462 e. The molecule has 0 fully saturated rings. The Balaban J connectivity index is 4.03. The summed E-state index contributed by atoms with van der Waals surface area (Å²) in [5.41, 5.74) is 0. The van der Waals surface area contributed by atoms with Gasteiger partial charge in [0.25, 0.3) is 0 Å². The number of allylic oxidation sites excluding steroid dienone is 4. The quantitative estimate of drug-likeness (QED) is 0.0262. The van der Waals surface area contributed by atoms with Crippen LogP contribution >= 0.6 is 0 Å². The Bertz CT molecular complexity index is 1100. The highest BCUT2D eigenvalue weighted by Gasteiger charge is 2.19. The second kappa shape index (κ2) is 57.5. The third-order valence-corrected chi connectivity index (χ3v) is 13.7. The molecule has 0 aromatic rings. The summed E-state index contributed by atoms with van der Waals surface area (Å²) < 4.78 is 16.8. The van der Waals surface area contributed by atoms with Crippen LogP contribution in [0.15, 0.2) is 24.3 Å². The smallest absolute Gasteiger partial charge is 0.306 e. The molecule has 1 atom stereocenters. The van der Waals surface area contributed by atoms with Gasteiger partial charge in [-0.05, 0) is 70.6 Å². The van der Waals surface area contributed by atoms with Crippen LogP contribution < -0.4 is 0 Å². The molecule has 400 valence electrons. The number of carbonyl (C=O) groups excluding carboxylic acids is 3. The van der Waals surface area contributed by atoms with Crippen molar-refractivity contribution in [1.29, 1.82) is 0 Å². The molecule has 0 aliphatic rings. The van der Waals surface area contributed by atoms with E-state index in [4.69, 9.17) is 14.2 Å². The van der Waals surface area contributed by atoms with Crippen molar-refractivity contribution in [2.75, 3.05) is 13.2 Å². The Kier molecular flexibility index (Phi) is 55.7. The second-order valence-corrected chi connectivity index (χ2v) is 20.6. The highest BCUT2D eigenvalue weighted by atomic mass is 16.6. The van der Waals surface area contributed by atoms with Crippen LogP contribution in [0.3, 0.4) is 0 Å². The van der Waals surface area contributed by atoms with Crippen molar-refractivity contribution in [1.82, 2.24) is 0 Å². The highest BCUT2D eigenvalue weighted by molar-refractivity contribution is 5.71. The number of esters is 3. The number of ether oxygens (including phenoxy) is 3. The van der Waals surface area contributed by atoms with Crippen molar-refractivity contribution in [2.45, 2.75) is 341 Å². The minimum atomic E-state index is -0.769. The van der Waals surface area contributed by atoms with Crippen LogP contribution in [0.1, 0.15) is 335 Å². The third-order valence-electron chi connectivity index (χ3n) is 13.7. The van der Waals surface area contributed by atoms with Gasteiger partial charge in [0, 0.05) is 19.3 Å². The summed E-state index contributed by atoms with van der Waals surface area (Å²) in [5, 5.41) is 0. The Labute approximate surface area is 423 Å². The van der Waals surface area contributed by atoms with Crippen LogP contribution in [0.2, 0.25) is 0 Å². The predicted molar refractivity (Wildman–Crippen MR) is 293 cm³/mol. The van der Waals surface area contributed by atoms with Crippen molar-refractivity contribution in [3.05, 3.63) is 24.3 Å². The van der Waals surface area contributed by atoms with Gasteiger partial charge in [-0.25, -0.2) is 0 Å². The zero-order valence-electron chi connectivity index (χ0n) is 45.9. The van der Waals surface area contributed by atoms with Crippen molar-refractivity contribution in [2.24, 2.45) is 0 Å². The Morgan fingerprint density at radius 2 is 0.485 bits per heavy atom. The van der Waals surface area contributed by atoms with E-state index in [9.17, 15) is 14.4 Å².